The van der Waals surface area contributed by atoms with E-state index >= 15 is 0 Å². The van der Waals surface area contributed by atoms with Crippen LogP contribution in [0, 0.1) is 5.41 Å². The van der Waals surface area contributed by atoms with E-state index in [9.17, 15) is 9.59 Å². The molecule has 0 spiro atoms. The summed E-state index contributed by atoms with van der Waals surface area (Å²) in [5, 5.41) is 5.81. The highest BCUT2D eigenvalue weighted by atomic mass is 16.5. The maximum atomic E-state index is 13.3. The molecule has 2 N–H and O–H groups in total. The molecule has 29 heavy (non-hydrogen) atoms. The van der Waals surface area contributed by atoms with Gasteiger partial charge in [0.25, 0.3) is 0 Å². The van der Waals surface area contributed by atoms with Crippen molar-refractivity contribution in [3.63, 3.8) is 0 Å². The second-order valence-electron chi connectivity index (χ2n) is 7.69. The van der Waals surface area contributed by atoms with Gasteiger partial charge in [0.1, 0.15) is 17.6 Å². The molecule has 1 atom stereocenters. The van der Waals surface area contributed by atoms with Gasteiger partial charge in [-0.3, -0.25) is 14.6 Å². The predicted octanol–water partition coefficient (Wildman–Crippen LogP) is 0.929. The number of nitrogens with zero attached hydrogens (tertiary/aromatic N) is 3. The Labute approximate surface area is 169 Å². The van der Waals surface area contributed by atoms with Crippen LogP contribution in [-0.2, 0) is 16.0 Å². The van der Waals surface area contributed by atoms with Gasteiger partial charge in [-0.2, -0.15) is 0 Å². The number of benzene rings is 1. The summed E-state index contributed by atoms with van der Waals surface area (Å²) in [6, 6.07) is 7.29. The first-order chi connectivity index (χ1) is 14.1. The van der Waals surface area contributed by atoms with Crippen LogP contribution in [0.4, 0.5) is 5.82 Å². The SMILES string of the molecule is COc1cccc(CC2(C(=O)NC3CCCNC3=O)CN(c3cnccn3)C2)c1. The Balaban J connectivity index is 1.54. The Morgan fingerprint density at radius 3 is 2.97 bits per heavy atom. The number of piperidine rings is 1. The summed E-state index contributed by atoms with van der Waals surface area (Å²) >= 11 is 0. The lowest BCUT2D eigenvalue weighted by Crippen LogP contribution is -2.66. The first kappa shape index (κ1) is 19.2. The maximum absolute atomic E-state index is 13.3. The Morgan fingerprint density at radius 1 is 1.38 bits per heavy atom. The van der Waals surface area contributed by atoms with E-state index in [4.69, 9.17) is 4.74 Å². The number of ether oxygens (including phenoxy) is 1. The zero-order chi connectivity index (χ0) is 20.3. The molecule has 2 aliphatic heterocycles. The van der Waals surface area contributed by atoms with Crippen molar-refractivity contribution < 1.29 is 14.3 Å². The van der Waals surface area contributed by atoms with Gasteiger partial charge in [0.05, 0.1) is 18.7 Å². The Morgan fingerprint density at radius 2 is 2.24 bits per heavy atom. The molecule has 0 saturated carbocycles. The van der Waals surface area contributed by atoms with Gasteiger partial charge in [-0.05, 0) is 37.0 Å². The molecule has 1 aromatic heterocycles. The fourth-order valence-corrected chi connectivity index (χ4v) is 4.03. The van der Waals surface area contributed by atoms with Crippen molar-refractivity contribution in [2.24, 2.45) is 5.41 Å². The third-order valence-electron chi connectivity index (χ3n) is 5.61. The van der Waals surface area contributed by atoms with Crippen LogP contribution < -0.4 is 20.3 Å². The van der Waals surface area contributed by atoms with Gasteiger partial charge >= 0.3 is 0 Å². The molecule has 0 radical (unpaired) electrons. The topological polar surface area (TPSA) is 96.5 Å². The molecule has 152 valence electrons. The molecular formula is C21H25N5O3. The molecule has 2 fully saturated rings. The minimum absolute atomic E-state index is 0.0949. The summed E-state index contributed by atoms with van der Waals surface area (Å²) in [7, 11) is 1.63. The van der Waals surface area contributed by atoms with Gasteiger partial charge in [-0.25, -0.2) is 4.98 Å². The summed E-state index contributed by atoms with van der Waals surface area (Å²) in [4.78, 5) is 35.9. The van der Waals surface area contributed by atoms with Gasteiger partial charge in [0.2, 0.25) is 11.8 Å². The third-order valence-corrected chi connectivity index (χ3v) is 5.61. The number of amides is 2. The molecule has 0 bridgehead atoms. The van der Waals surface area contributed by atoms with E-state index in [1.807, 2.05) is 29.2 Å². The van der Waals surface area contributed by atoms with Crippen LogP contribution in [0.15, 0.2) is 42.9 Å². The lowest BCUT2D eigenvalue weighted by atomic mass is 9.73. The van der Waals surface area contributed by atoms with Gasteiger partial charge in [0.15, 0.2) is 0 Å². The van der Waals surface area contributed by atoms with E-state index in [-0.39, 0.29) is 11.8 Å². The number of anilines is 1. The average Bonchev–Trinajstić information content (AvgIpc) is 2.72. The second-order valence-corrected chi connectivity index (χ2v) is 7.69. The monoisotopic (exact) mass is 395 g/mol. The zero-order valence-electron chi connectivity index (χ0n) is 16.4. The molecule has 1 unspecified atom stereocenters. The standard InChI is InChI=1S/C21H25N5O3/c1-29-16-5-2-4-15(10-16)11-21(13-26(14-21)18-12-22-8-9-23-18)20(28)25-17-6-3-7-24-19(17)27/h2,4-5,8-10,12,17H,3,6-7,11,13-14H2,1H3,(H,24,27)(H,25,28). The van der Waals surface area contributed by atoms with E-state index in [1.54, 1.807) is 25.7 Å². The van der Waals surface area contributed by atoms with Crippen LogP contribution in [0.25, 0.3) is 0 Å². The van der Waals surface area contributed by atoms with Gasteiger partial charge in [0, 0.05) is 32.0 Å². The van der Waals surface area contributed by atoms with Crippen LogP contribution in [0.5, 0.6) is 5.75 Å². The van der Waals surface area contributed by atoms with Crippen molar-refractivity contribution in [2.45, 2.75) is 25.3 Å². The number of nitrogens with one attached hydrogen (secondary N) is 2. The van der Waals surface area contributed by atoms with Crippen LogP contribution >= 0.6 is 0 Å². The van der Waals surface area contributed by atoms with Crippen molar-refractivity contribution in [1.29, 1.82) is 0 Å². The maximum Gasteiger partial charge on any atom is 0.242 e. The summed E-state index contributed by atoms with van der Waals surface area (Å²) in [6.45, 7) is 1.70. The molecule has 0 aliphatic carbocycles. The smallest absolute Gasteiger partial charge is 0.242 e. The van der Waals surface area contributed by atoms with Crippen molar-refractivity contribution in [2.75, 3.05) is 31.6 Å². The summed E-state index contributed by atoms with van der Waals surface area (Å²) in [5.41, 5.74) is 0.383. The van der Waals surface area contributed by atoms with E-state index in [1.165, 1.54) is 0 Å². The van der Waals surface area contributed by atoms with Crippen LogP contribution in [-0.4, -0.2) is 54.6 Å². The molecule has 2 amide bonds. The Hall–Kier alpha value is -3.16. The number of hydrogen-bond donors (Lipinski definition) is 2. The van der Waals surface area contributed by atoms with Crippen LogP contribution in [0.2, 0.25) is 0 Å². The molecule has 8 heteroatoms. The van der Waals surface area contributed by atoms with Crippen LogP contribution in [0.3, 0.4) is 0 Å². The van der Waals surface area contributed by atoms with E-state index < -0.39 is 11.5 Å². The Bertz CT molecular complexity index is 883. The highest BCUT2D eigenvalue weighted by molar-refractivity contribution is 5.92. The van der Waals surface area contributed by atoms with Crippen molar-refractivity contribution in [3.05, 3.63) is 48.4 Å². The largest absolute Gasteiger partial charge is 0.497 e. The molecule has 3 heterocycles. The fourth-order valence-electron chi connectivity index (χ4n) is 4.03. The number of carbonyl (C=O) groups is 2. The first-order valence-corrected chi connectivity index (χ1v) is 9.82. The quantitative estimate of drug-likeness (QED) is 0.755. The molecular weight excluding hydrogens is 370 g/mol. The highest BCUT2D eigenvalue weighted by Crippen LogP contribution is 2.37. The van der Waals surface area contributed by atoms with Crippen molar-refractivity contribution >= 4 is 17.6 Å². The first-order valence-electron chi connectivity index (χ1n) is 9.82. The van der Waals surface area contributed by atoms with Crippen LogP contribution in [0.1, 0.15) is 18.4 Å². The zero-order valence-corrected chi connectivity index (χ0v) is 16.4. The minimum Gasteiger partial charge on any atom is -0.497 e. The number of aromatic nitrogens is 2. The number of methoxy groups -OCH3 is 1. The lowest BCUT2D eigenvalue weighted by Gasteiger charge is -2.50. The van der Waals surface area contributed by atoms with E-state index in [0.717, 1.165) is 23.6 Å². The van der Waals surface area contributed by atoms with Crippen molar-refractivity contribution in [1.82, 2.24) is 20.6 Å². The van der Waals surface area contributed by atoms with E-state index in [0.29, 0.717) is 32.5 Å². The molecule has 2 saturated heterocycles. The highest BCUT2D eigenvalue weighted by Gasteiger charge is 2.50. The predicted molar refractivity (Wildman–Crippen MR) is 108 cm³/mol. The second kappa shape index (κ2) is 8.06. The van der Waals surface area contributed by atoms with Crippen molar-refractivity contribution in [3.8, 4) is 5.75 Å². The normalized spacial score (nSPS) is 20.4. The summed E-state index contributed by atoms with van der Waals surface area (Å²) < 4.78 is 5.33. The number of rotatable bonds is 6. The fraction of sp³-hybridized carbons (Fsp3) is 0.429. The third kappa shape index (κ3) is 4.01. The van der Waals surface area contributed by atoms with E-state index in [2.05, 4.69) is 20.6 Å². The average molecular weight is 395 g/mol. The summed E-state index contributed by atoms with van der Waals surface area (Å²) in [5.74, 6) is 1.31. The van der Waals surface area contributed by atoms with Gasteiger partial charge < -0.3 is 20.3 Å². The molecule has 8 nitrogen and oxygen atoms in total. The number of hydrogen-bond acceptors (Lipinski definition) is 6. The van der Waals surface area contributed by atoms with Gasteiger partial charge in [-0.1, -0.05) is 12.1 Å². The molecule has 2 aromatic rings. The molecule has 4 rings (SSSR count). The molecule has 2 aliphatic rings. The minimum atomic E-state index is -0.637. The molecule has 1 aromatic carbocycles. The number of carbonyl (C=O) groups excluding carboxylic acids is 2. The van der Waals surface area contributed by atoms with Gasteiger partial charge in [-0.15, -0.1) is 0 Å². The summed E-state index contributed by atoms with van der Waals surface area (Å²) in [6.07, 6.45) is 7.06. The Kier molecular flexibility index (Phi) is 5.33. The lowest BCUT2D eigenvalue weighted by molar-refractivity contribution is -0.137.